The summed E-state index contributed by atoms with van der Waals surface area (Å²) in [4.78, 5) is 8.39. The lowest BCUT2D eigenvalue weighted by molar-refractivity contribution is 0.527. The number of rotatable bonds is 1. The fourth-order valence-corrected chi connectivity index (χ4v) is 2.49. The second kappa shape index (κ2) is 3.27. The molecule has 2 aromatic rings. The first-order valence-corrected chi connectivity index (χ1v) is 5.53. The Morgan fingerprint density at radius 1 is 1.53 bits per heavy atom. The van der Waals surface area contributed by atoms with Crippen molar-refractivity contribution in [3.63, 3.8) is 0 Å². The summed E-state index contributed by atoms with van der Waals surface area (Å²) < 4.78 is 5.64. The molecule has 5 heteroatoms. The molecule has 0 radical (unpaired) electrons. The van der Waals surface area contributed by atoms with Crippen molar-refractivity contribution in [3.05, 3.63) is 35.5 Å². The lowest BCUT2D eigenvalue weighted by atomic mass is 10.3. The topological polar surface area (TPSA) is 64.9 Å². The van der Waals surface area contributed by atoms with Crippen molar-refractivity contribution in [2.24, 2.45) is 5.73 Å². The third-order valence-corrected chi connectivity index (χ3v) is 3.41. The average Bonchev–Trinajstić information content (AvgIpc) is 2.82. The number of hydrogen-bond acceptors (Lipinski definition) is 5. The molecule has 0 aliphatic carbocycles. The molecular formula is C10H9N3OS. The Morgan fingerprint density at radius 3 is 3.20 bits per heavy atom. The van der Waals surface area contributed by atoms with Crippen LogP contribution >= 0.6 is 11.8 Å². The number of thioether (sulfide) groups is 1. The molecule has 76 valence electrons. The number of nitrogens with zero attached hydrogens (tertiary/aromatic N) is 2. The number of aromatic nitrogens is 2. The number of nitrogens with two attached hydrogens (primary N) is 1. The molecule has 2 aromatic heterocycles. The van der Waals surface area contributed by atoms with Gasteiger partial charge >= 0.3 is 0 Å². The van der Waals surface area contributed by atoms with Gasteiger partial charge in [0.05, 0.1) is 16.5 Å². The maximum Gasteiger partial charge on any atom is 0.209 e. The fourth-order valence-electron chi connectivity index (χ4n) is 1.57. The molecule has 0 aromatic carbocycles. The maximum absolute atomic E-state index is 5.70. The molecule has 3 heterocycles. The monoisotopic (exact) mass is 219 g/mol. The van der Waals surface area contributed by atoms with Crippen molar-refractivity contribution in [2.45, 2.75) is 11.7 Å². The SMILES string of the molecule is NC1=CCC(c2nc3cnccc3o2)S1. The number of fused-ring (bicyclic) bond motifs is 1. The van der Waals surface area contributed by atoms with Gasteiger partial charge in [-0.3, -0.25) is 4.98 Å². The molecule has 4 nitrogen and oxygen atoms in total. The Kier molecular flexibility index (Phi) is 1.92. The highest BCUT2D eigenvalue weighted by molar-refractivity contribution is 8.03. The maximum atomic E-state index is 5.70. The second-order valence-electron chi connectivity index (χ2n) is 3.34. The Balaban J connectivity index is 1.99. The van der Waals surface area contributed by atoms with Crippen LogP contribution in [-0.2, 0) is 0 Å². The van der Waals surface area contributed by atoms with E-state index >= 15 is 0 Å². The van der Waals surface area contributed by atoms with E-state index in [0.717, 1.165) is 28.4 Å². The Labute approximate surface area is 90.6 Å². The zero-order valence-electron chi connectivity index (χ0n) is 7.88. The summed E-state index contributed by atoms with van der Waals surface area (Å²) in [5.41, 5.74) is 7.29. The molecule has 0 saturated heterocycles. The predicted octanol–water partition coefficient (Wildman–Crippen LogP) is 2.20. The van der Waals surface area contributed by atoms with Gasteiger partial charge in [-0.05, 0) is 6.42 Å². The van der Waals surface area contributed by atoms with Crippen molar-refractivity contribution in [2.75, 3.05) is 0 Å². The standard InChI is InChI=1S/C10H9N3OS/c11-9-2-1-8(15-9)10-13-6-5-12-4-3-7(6)14-10/h2-5,8H,1,11H2. The number of allylic oxidation sites excluding steroid dienone is 1. The van der Waals surface area contributed by atoms with Gasteiger partial charge in [0, 0.05) is 12.3 Å². The van der Waals surface area contributed by atoms with Gasteiger partial charge in [-0.1, -0.05) is 17.8 Å². The van der Waals surface area contributed by atoms with E-state index in [2.05, 4.69) is 9.97 Å². The number of pyridine rings is 1. The van der Waals surface area contributed by atoms with Crippen LogP contribution in [-0.4, -0.2) is 9.97 Å². The molecule has 0 spiro atoms. The van der Waals surface area contributed by atoms with Crippen molar-refractivity contribution in [1.29, 1.82) is 0 Å². The van der Waals surface area contributed by atoms with Crippen molar-refractivity contribution in [1.82, 2.24) is 9.97 Å². The zero-order valence-corrected chi connectivity index (χ0v) is 8.70. The van der Waals surface area contributed by atoms with Crippen LogP contribution in [0.1, 0.15) is 17.6 Å². The van der Waals surface area contributed by atoms with E-state index in [0.29, 0.717) is 0 Å². The molecule has 1 atom stereocenters. The van der Waals surface area contributed by atoms with Crippen molar-refractivity contribution in [3.8, 4) is 0 Å². The van der Waals surface area contributed by atoms with E-state index in [9.17, 15) is 0 Å². The molecule has 0 saturated carbocycles. The molecule has 15 heavy (non-hydrogen) atoms. The Morgan fingerprint density at radius 2 is 2.47 bits per heavy atom. The minimum Gasteiger partial charge on any atom is -0.439 e. The fraction of sp³-hybridized carbons (Fsp3) is 0.200. The largest absolute Gasteiger partial charge is 0.439 e. The molecule has 0 amide bonds. The third kappa shape index (κ3) is 1.48. The van der Waals surface area contributed by atoms with Crippen LogP contribution in [0.15, 0.2) is 34.0 Å². The minimum absolute atomic E-state index is 0.220. The van der Waals surface area contributed by atoms with Crippen LogP contribution in [0, 0.1) is 0 Å². The molecule has 1 aliphatic rings. The molecule has 1 aliphatic heterocycles. The first-order valence-electron chi connectivity index (χ1n) is 4.65. The van der Waals surface area contributed by atoms with Crippen LogP contribution in [0.3, 0.4) is 0 Å². The summed E-state index contributed by atoms with van der Waals surface area (Å²) in [6.45, 7) is 0. The lowest BCUT2D eigenvalue weighted by Crippen LogP contribution is -1.90. The summed E-state index contributed by atoms with van der Waals surface area (Å²) >= 11 is 1.60. The van der Waals surface area contributed by atoms with Crippen LogP contribution in [0.2, 0.25) is 0 Å². The van der Waals surface area contributed by atoms with E-state index in [1.165, 1.54) is 0 Å². The van der Waals surface area contributed by atoms with E-state index in [4.69, 9.17) is 10.2 Å². The lowest BCUT2D eigenvalue weighted by Gasteiger charge is -2.01. The molecule has 0 fully saturated rings. The van der Waals surface area contributed by atoms with E-state index < -0.39 is 0 Å². The van der Waals surface area contributed by atoms with E-state index in [-0.39, 0.29) is 5.25 Å². The molecular weight excluding hydrogens is 210 g/mol. The smallest absolute Gasteiger partial charge is 0.209 e. The van der Waals surface area contributed by atoms with Crippen LogP contribution in [0.5, 0.6) is 0 Å². The molecule has 0 bridgehead atoms. The Hall–Kier alpha value is -1.49. The molecule has 3 rings (SSSR count). The van der Waals surface area contributed by atoms with Crippen LogP contribution in [0.25, 0.3) is 11.1 Å². The minimum atomic E-state index is 0.220. The Bertz CT molecular complexity index is 501. The van der Waals surface area contributed by atoms with Gasteiger partial charge in [0.1, 0.15) is 5.52 Å². The van der Waals surface area contributed by atoms with Crippen molar-refractivity contribution >= 4 is 22.9 Å². The second-order valence-corrected chi connectivity index (χ2v) is 4.62. The zero-order chi connectivity index (χ0) is 10.3. The van der Waals surface area contributed by atoms with Crippen LogP contribution < -0.4 is 5.73 Å². The van der Waals surface area contributed by atoms with Gasteiger partial charge in [0.2, 0.25) is 5.89 Å². The predicted molar refractivity (Wildman–Crippen MR) is 59.0 cm³/mol. The summed E-state index contributed by atoms with van der Waals surface area (Å²) in [6.07, 6.45) is 6.30. The van der Waals surface area contributed by atoms with E-state index in [1.54, 1.807) is 24.2 Å². The normalized spacial score (nSPS) is 20.8. The summed E-state index contributed by atoms with van der Waals surface area (Å²) in [5.74, 6) is 0.736. The first-order chi connectivity index (χ1) is 7.33. The summed E-state index contributed by atoms with van der Waals surface area (Å²) in [5, 5.41) is 1.07. The van der Waals surface area contributed by atoms with Gasteiger partial charge in [-0.15, -0.1) is 0 Å². The molecule has 1 unspecified atom stereocenters. The van der Waals surface area contributed by atoms with Gasteiger partial charge in [-0.2, -0.15) is 0 Å². The average molecular weight is 219 g/mol. The van der Waals surface area contributed by atoms with Gasteiger partial charge in [0.15, 0.2) is 5.58 Å². The molecule has 2 N–H and O–H groups in total. The summed E-state index contributed by atoms with van der Waals surface area (Å²) in [6, 6.07) is 1.82. The van der Waals surface area contributed by atoms with Gasteiger partial charge in [-0.25, -0.2) is 4.98 Å². The van der Waals surface area contributed by atoms with Gasteiger partial charge < -0.3 is 10.2 Å². The number of oxazole rings is 1. The van der Waals surface area contributed by atoms with E-state index in [1.807, 2.05) is 12.1 Å². The summed E-state index contributed by atoms with van der Waals surface area (Å²) in [7, 11) is 0. The van der Waals surface area contributed by atoms with Crippen LogP contribution in [0.4, 0.5) is 0 Å². The van der Waals surface area contributed by atoms with Gasteiger partial charge in [0.25, 0.3) is 0 Å². The highest BCUT2D eigenvalue weighted by Crippen LogP contribution is 2.41. The number of hydrogen-bond donors (Lipinski definition) is 1. The third-order valence-electron chi connectivity index (χ3n) is 2.29. The first kappa shape index (κ1) is 8.79. The van der Waals surface area contributed by atoms with Crippen molar-refractivity contribution < 1.29 is 4.42 Å². The highest BCUT2D eigenvalue weighted by atomic mass is 32.2. The highest BCUT2D eigenvalue weighted by Gasteiger charge is 2.23. The quantitative estimate of drug-likeness (QED) is 0.796.